The summed E-state index contributed by atoms with van der Waals surface area (Å²) < 4.78 is 1.31. The molecule has 0 aliphatic carbocycles. The van der Waals surface area contributed by atoms with Crippen LogP contribution in [0.1, 0.15) is 44.4 Å². The van der Waals surface area contributed by atoms with E-state index >= 15 is 0 Å². The molecular weight excluding hydrogens is 496 g/mol. The molecule has 11 nitrogen and oxygen atoms in total. The summed E-state index contributed by atoms with van der Waals surface area (Å²) in [5.41, 5.74) is 20.7. The highest BCUT2D eigenvalue weighted by Gasteiger charge is 2.15. The number of carbonyl (C=O) groups is 2. The van der Waals surface area contributed by atoms with Crippen molar-refractivity contribution < 1.29 is 9.59 Å². The Morgan fingerprint density at radius 1 is 1.03 bits per heavy atom. The number of benzene rings is 2. The van der Waals surface area contributed by atoms with E-state index in [-0.39, 0.29) is 30.3 Å². The minimum Gasteiger partial charge on any atom is -0.399 e. The summed E-state index contributed by atoms with van der Waals surface area (Å²) in [6.45, 7) is 11.3. The van der Waals surface area contributed by atoms with Crippen LogP contribution >= 0.6 is 0 Å². The number of nitrogens with one attached hydrogen (secondary N) is 3. The van der Waals surface area contributed by atoms with Gasteiger partial charge in [0.1, 0.15) is 12.4 Å². The molecule has 3 aromatic rings. The fourth-order valence-electron chi connectivity index (χ4n) is 3.23. The lowest BCUT2D eigenvalue weighted by Crippen LogP contribution is -2.32. The average Bonchev–Trinajstić information content (AvgIpc) is 2.81. The van der Waals surface area contributed by atoms with E-state index in [9.17, 15) is 14.4 Å². The van der Waals surface area contributed by atoms with Gasteiger partial charge in [-0.3, -0.25) is 24.4 Å². The number of nitrogens with zero attached hydrogens (tertiary/aromatic N) is 2. The fraction of sp³-hybridized carbons (Fsp3) is 0.321. The third kappa shape index (κ3) is 11.5. The number of amidine groups is 1. The topological polar surface area (TPSA) is 195 Å². The van der Waals surface area contributed by atoms with Crippen LogP contribution in [0.2, 0.25) is 0 Å². The lowest BCUT2D eigenvalue weighted by atomic mass is 10.1. The molecule has 0 spiro atoms. The van der Waals surface area contributed by atoms with Gasteiger partial charge in [-0.2, -0.15) is 0 Å². The van der Waals surface area contributed by atoms with Crippen LogP contribution in [0.25, 0.3) is 11.3 Å². The maximum Gasteiger partial charge on any atom is 0.294 e. The minimum absolute atomic E-state index is 0.0395. The summed E-state index contributed by atoms with van der Waals surface area (Å²) in [7, 11) is 0. The number of amides is 2. The van der Waals surface area contributed by atoms with Crippen LogP contribution in [-0.4, -0.2) is 39.8 Å². The van der Waals surface area contributed by atoms with E-state index in [1.807, 2.05) is 77.9 Å². The van der Waals surface area contributed by atoms with Crippen LogP contribution in [0.15, 0.2) is 53.5 Å². The first-order valence-corrected chi connectivity index (χ1v) is 12.4. The zero-order chi connectivity index (χ0) is 29.7. The first-order chi connectivity index (χ1) is 18.2. The third-order valence-corrected chi connectivity index (χ3v) is 4.95. The van der Waals surface area contributed by atoms with Crippen molar-refractivity contribution in [2.45, 2.75) is 60.2 Å². The van der Waals surface area contributed by atoms with Gasteiger partial charge in [-0.25, -0.2) is 4.98 Å². The zero-order valence-corrected chi connectivity index (χ0v) is 23.4. The Morgan fingerprint density at radius 2 is 1.64 bits per heavy atom. The van der Waals surface area contributed by atoms with Gasteiger partial charge in [-0.05, 0) is 65.3 Å². The van der Waals surface area contributed by atoms with E-state index in [4.69, 9.17) is 22.6 Å². The van der Waals surface area contributed by atoms with Crippen molar-refractivity contribution in [1.82, 2.24) is 14.9 Å². The van der Waals surface area contributed by atoms with Crippen LogP contribution in [0.5, 0.6) is 0 Å². The quantitative estimate of drug-likeness (QED) is 0.110. The lowest BCUT2D eigenvalue weighted by Gasteiger charge is -2.15. The molecule has 210 valence electrons. The standard InChI is InChI=1S/C16H21N5O2.C8H10N2.C4H9NO/c1-9(2)20-15-16(23)21(8-14(18)22)13(7-19-15)11-4-10(3)5-12(17)6-11;1-6-2-4-7(5-3-6)8(9)10;1-4(2)5-3-6/h4-7,9H,8,17H2,1-3H3,(H2,18,22)(H,19,20);2-5H,1H3,(H3,9,10);3-4H,1-2H3,(H,5,6). The molecule has 0 radical (unpaired) electrons. The van der Waals surface area contributed by atoms with Crippen LogP contribution < -0.4 is 33.4 Å². The number of nitrogen functional groups attached to an aromatic ring is 2. The molecule has 0 bridgehead atoms. The number of aromatic nitrogens is 2. The third-order valence-electron chi connectivity index (χ3n) is 4.95. The molecule has 2 aromatic carbocycles. The van der Waals surface area contributed by atoms with Crippen molar-refractivity contribution in [3.63, 3.8) is 0 Å². The number of primary amides is 1. The predicted molar refractivity (Wildman–Crippen MR) is 158 cm³/mol. The van der Waals surface area contributed by atoms with E-state index < -0.39 is 11.5 Å². The maximum atomic E-state index is 12.6. The van der Waals surface area contributed by atoms with E-state index in [2.05, 4.69) is 15.6 Å². The Bertz CT molecular complexity index is 1300. The Balaban J connectivity index is 0.000000389. The first kappa shape index (κ1) is 32.4. The largest absolute Gasteiger partial charge is 0.399 e. The van der Waals surface area contributed by atoms with Crippen LogP contribution in [0.3, 0.4) is 0 Å². The van der Waals surface area contributed by atoms with Crippen LogP contribution in [0.4, 0.5) is 11.5 Å². The zero-order valence-electron chi connectivity index (χ0n) is 23.4. The van der Waals surface area contributed by atoms with Crippen LogP contribution in [-0.2, 0) is 16.1 Å². The van der Waals surface area contributed by atoms with Gasteiger partial charge in [0.05, 0.1) is 11.9 Å². The van der Waals surface area contributed by atoms with Crippen molar-refractivity contribution >= 4 is 29.7 Å². The lowest BCUT2D eigenvalue weighted by molar-refractivity contribution is -0.118. The van der Waals surface area contributed by atoms with Gasteiger partial charge >= 0.3 is 0 Å². The van der Waals surface area contributed by atoms with Gasteiger partial charge in [0.25, 0.3) is 5.56 Å². The van der Waals surface area contributed by atoms with E-state index in [0.717, 1.165) is 11.1 Å². The molecule has 0 aliphatic heterocycles. The van der Waals surface area contributed by atoms with Crippen molar-refractivity contribution in [3.05, 3.63) is 75.7 Å². The summed E-state index contributed by atoms with van der Waals surface area (Å²) in [4.78, 5) is 37.7. The number of carbonyl (C=O) groups excluding carboxylic acids is 2. The average molecular weight is 537 g/mol. The normalized spacial score (nSPS) is 10.1. The molecule has 0 aliphatic rings. The Morgan fingerprint density at radius 3 is 2.08 bits per heavy atom. The highest BCUT2D eigenvalue weighted by molar-refractivity contribution is 5.94. The summed E-state index contributed by atoms with van der Waals surface area (Å²) in [6.07, 6.45) is 2.24. The second-order valence-electron chi connectivity index (χ2n) is 9.50. The number of nitrogens with two attached hydrogens (primary N) is 3. The smallest absolute Gasteiger partial charge is 0.294 e. The molecule has 0 saturated carbocycles. The maximum absolute atomic E-state index is 12.6. The molecule has 11 heteroatoms. The minimum atomic E-state index is -0.601. The van der Waals surface area contributed by atoms with Crippen molar-refractivity contribution in [2.24, 2.45) is 11.5 Å². The Kier molecular flexibility index (Phi) is 12.9. The van der Waals surface area contributed by atoms with E-state index in [0.29, 0.717) is 23.4 Å². The van der Waals surface area contributed by atoms with Crippen LogP contribution in [0, 0.1) is 19.3 Å². The Labute approximate surface area is 229 Å². The summed E-state index contributed by atoms with van der Waals surface area (Å²) in [5, 5.41) is 12.6. The molecule has 2 amide bonds. The molecule has 0 unspecified atom stereocenters. The number of hydrogen-bond acceptors (Lipinski definition) is 7. The van der Waals surface area contributed by atoms with Gasteiger partial charge in [0, 0.05) is 28.9 Å². The molecule has 39 heavy (non-hydrogen) atoms. The SMILES string of the molecule is CC(C)NC=O.Cc1cc(N)cc(-c2cnc(NC(C)C)c(=O)n2CC(N)=O)c1.Cc1ccc(C(=N)N)cc1. The molecule has 9 N–H and O–H groups in total. The summed E-state index contributed by atoms with van der Waals surface area (Å²) in [5.74, 6) is -0.290. The van der Waals surface area contributed by atoms with Crippen molar-refractivity contribution in [1.29, 1.82) is 5.41 Å². The number of hydrogen-bond donors (Lipinski definition) is 6. The molecule has 3 rings (SSSR count). The monoisotopic (exact) mass is 536 g/mol. The summed E-state index contributed by atoms with van der Waals surface area (Å²) >= 11 is 0. The second-order valence-corrected chi connectivity index (χ2v) is 9.50. The van der Waals surface area contributed by atoms with Gasteiger partial charge in [0.2, 0.25) is 12.3 Å². The highest BCUT2D eigenvalue weighted by atomic mass is 16.2. The van der Waals surface area contributed by atoms with Crippen molar-refractivity contribution in [3.8, 4) is 11.3 Å². The van der Waals surface area contributed by atoms with Gasteiger partial charge in [-0.1, -0.05) is 29.8 Å². The highest BCUT2D eigenvalue weighted by Crippen LogP contribution is 2.22. The van der Waals surface area contributed by atoms with E-state index in [1.165, 1.54) is 10.1 Å². The number of rotatable bonds is 8. The fourth-order valence-corrected chi connectivity index (χ4v) is 3.23. The van der Waals surface area contributed by atoms with Crippen molar-refractivity contribution in [2.75, 3.05) is 11.1 Å². The van der Waals surface area contributed by atoms with Gasteiger partial charge < -0.3 is 27.8 Å². The molecule has 0 saturated heterocycles. The first-order valence-electron chi connectivity index (χ1n) is 12.4. The van der Waals surface area contributed by atoms with E-state index in [1.54, 1.807) is 12.3 Å². The number of anilines is 2. The molecule has 1 aromatic heterocycles. The Hall–Kier alpha value is -4.67. The second kappa shape index (κ2) is 15.6. The predicted octanol–water partition coefficient (Wildman–Crippen LogP) is 2.53. The molecule has 0 atom stereocenters. The molecule has 1 heterocycles. The number of aryl methyl sites for hydroxylation is 2. The summed E-state index contributed by atoms with van der Waals surface area (Å²) in [6, 6.07) is 13.3. The molecule has 0 fully saturated rings. The molecular formula is C28H40N8O3. The van der Waals surface area contributed by atoms with Gasteiger partial charge in [-0.15, -0.1) is 0 Å². The van der Waals surface area contributed by atoms with Gasteiger partial charge in [0.15, 0.2) is 5.82 Å².